The maximum Gasteiger partial charge on any atom is 0.123 e. The number of ether oxygens (including phenoxy) is 2. The molecule has 2 aromatic rings. The topological polar surface area (TPSA) is 21.7 Å². The van der Waals surface area contributed by atoms with E-state index in [1.54, 1.807) is 0 Å². The molecule has 0 saturated carbocycles. The Balaban J connectivity index is 1.25. The molecule has 1 atom stereocenters. The van der Waals surface area contributed by atoms with Crippen molar-refractivity contribution in [3.63, 3.8) is 0 Å². The minimum absolute atomic E-state index is 0.0860. The number of piperidine rings is 3. The van der Waals surface area contributed by atoms with E-state index in [0.717, 1.165) is 31.2 Å². The van der Waals surface area contributed by atoms with Crippen LogP contribution < -0.4 is 4.74 Å². The molecule has 27 heavy (non-hydrogen) atoms. The summed E-state index contributed by atoms with van der Waals surface area (Å²) in [6, 6.07) is 15.4. The van der Waals surface area contributed by atoms with E-state index in [1.807, 2.05) is 0 Å². The van der Waals surface area contributed by atoms with Crippen molar-refractivity contribution in [3.05, 3.63) is 53.6 Å². The van der Waals surface area contributed by atoms with Gasteiger partial charge in [-0.3, -0.25) is 0 Å². The van der Waals surface area contributed by atoms with Crippen LogP contribution >= 0.6 is 0 Å². The van der Waals surface area contributed by atoms with Crippen molar-refractivity contribution in [2.24, 2.45) is 5.92 Å². The van der Waals surface area contributed by atoms with Gasteiger partial charge < -0.3 is 14.4 Å². The van der Waals surface area contributed by atoms with Gasteiger partial charge in [0.15, 0.2) is 0 Å². The third kappa shape index (κ3) is 3.51. The summed E-state index contributed by atoms with van der Waals surface area (Å²) in [4.78, 5) is 2.55. The molecule has 4 aliphatic rings. The number of hydrogen-bond donors (Lipinski definition) is 0. The van der Waals surface area contributed by atoms with Crippen molar-refractivity contribution in [3.8, 4) is 16.9 Å². The molecule has 0 spiro atoms. The van der Waals surface area contributed by atoms with Crippen LogP contribution in [0.15, 0.2) is 42.5 Å². The van der Waals surface area contributed by atoms with Gasteiger partial charge in [0.2, 0.25) is 0 Å². The maximum absolute atomic E-state index is 6.27. The van der Waals surface area contributed by atoms with Gasteiger partial charge in [-0.1, -0.05) is 30.3 Å². The van der Waals surface area contributed by atoms with Crippen LogP contribution in [0.2, 0.25) is 0 Å². The summed E-state index contributed by atoms with van der Waals surface area (Å²) in [5, 5.41) is 0. The Kier molecular flexibility index (Phi) is 4.25. The summed E-state index contributed by atoms with van der Waals surface area (Å²) in [7, 11) is 0. The van der Waals surface area contributed by atoms with Gasteiger partial charge in [0.1, 0.15) is 11.4 Å². The van der Waals surface area contributed by atoms with Crippen LogP contribution in [-0.4, -0.2) is 36.2 Å². The van der Waals surface area contributed by atoms with Crippen LogP contribution in [0, 0.1) is 5.92 Å². The second-order valence-electron chi connectivity index (χ2n) is 9.05. The van der Waals surface area contributed by atoms with E-state index in [4.69, 9.17) is 9.47 Å². The average molecular weight is 364 g/mol. The molecule has 0 radical (unpaired) electrons. The lowest BCUT2D eigenvalue weighted by molar-refractivity contribution is -0.0765. The summed E-state index contributed by atoms with van der Waals surface area (Å²) in [5.74, 6) is 1.80. The highest BCUT2D eigenvalue weighted by Gasteiger charge is 2.34. The van der Waals surface area contributed by atoms with E-state index in [2.05, 4.69) is 61.2 Å². The monoisotopic (exact) mass is 363 g/mol. The van der Waals surface area contributed by atoms with E-state index in [-0.39, 0.29) is 5.60 Å². The van der Waals surface area contributed by atoms with Crippen LogP contribution in [0.1, 0.15) is 37.8 Å². The fraction of sp³-hybridized carbons (Fsp3) is 0.500. The first-order chi connectivity index (χ1) is 13.1. The van der Waals surface area contributed by atoms with Gasteiger partial charge in [-0.25, -0.2) is 0 Å². The zero-order chi connectivity index (χ0) is 18.4. The molecule has 4 aliphatic heterocycles. The molecule has 0 N–H and O–H groups in total. The first-order valence-corrected chi connectivity index (χ1v) is 10.3. The Morgan fingerprint density at radius 1 is 1.04 bits per heavy atom. The van der Waals surface area contributed by atoms with Crippen LogP contribution in [0.5, 0.6) is 5.75 Å². The average Bonchev–Trinajstić information content (AvgIpc) is 3.00. The third-order valence-electron chi connectivity index (χ3n) is 6.41. The molecular weight excluding hydrogens is 334 g/mol. The van der Waals surface area contributed by atoms with Gasteiger partial charge in [0.05, 0.1) is 12.7 Å². The Hall–Kier alpha value is -1.84. The quantitative estimate of drug-likeness (QED) is 0.787. The molecule has 3 fully saturated rings. The fourth-order valence-electron chi connectivity index (χ4n) is 4.89. The number of fused-ring (bicyclic) bond motifs is 4. The molecule has 142 valence electrons. The normalized spacial score (nSPS) is 28.0. The second-order valence-corrected chi connectivity index (χ2v) is 9.05. The highest BCUT2D eigenvalue weighted by atomic mass is 16.5. The summed E-state index contributed by atoms with van der Waals surface area (Å²) in [5.41, 5.74) is 5.01. The maximum atomic E-state index is 6.27. The Morgan fingerprint density at radius 2 is 1.78 bits per heavy atom. The van der Waals surface area contributed by atoms with Crippen LogP contribution in [0.25, 0.3) is 11.1 Å². The summed E-state index contributed by atoms with van der Waals surface area (Å²) >= 11 is 0. The molecule has 3 nitrogen and oxygen atoms in total. The van der Waals surface area contributed by atoms with Gasteiger partial charge in [0, 0.05) is 13.0 Å². The lowest BCUT2D eigenvalue weighted by Crippen LogP contribution is -2.51. The van der Waals surface area contributed by atoms with Crippen molar-refractivity contribution in [1.82, 2.24) is 4.90 Å². The molecule has 3 saturated heterocycles. The van der Waals surface area contributed by atoms with Gasteiger partial charge in [-0.05, 0) is 80.1 Å². The molecule has 4 heterocycles. The lowest BCUT2D eigenvalue weighted by atomic mass is 9.86. The predicted molar refractivity (Wildman–Crippen MR) is 108 cm³/mol. The van der Waals surface area contributed by atoms with E-state index in [0.29, 0.717) is 6.10 Å². The number of rotatable bonds is 4. The van der Waals surface area contributed by atoms with E-state index < -0.39 is 0 Å². The van der Waals surface area contributed by atoms with Gasteiger partial charge in [-0.2, -0.15) is 0 Å². The summed E-state index contributed by atoms with van der Waals surface area (Å²) in [6.07, 6.45) is 4.01. The molecule has 0 aliphatic carbocycles. The van der Waals surface area contributed by atoms with Crippen LogP contribution in [0.3, 0.4) is 0 Å². The van der Waals surface area contributed by atoms with Crippen molar-refractivity contribution < 1.29 is 9.47 Å². The zero-order valence-corrected chi connectivity index (χ0v) is 16.4. The molecule has 1 unspecified atom stereocenters. The number of benzene rings is 2. The number of nitrogens with zero attached hydrogens (tertiary/aromatic N) is 1. The molecule has 0 amide bonds. The summed E-state index contributed by atoms with van der Waals surface area (Å²) < 4.78 is 12.3. The standard InChI is InChI=1S/C24H29NO2/c1-24(2)14-21-13-20(7-8-22(21)27-24)18-5-3-17(4-6-18)16-26-23-15-25-11-9-19(23)10-12-25/h3-8,13,19,23H,9-12,14-16H2,1-2H3. The van der Waals surface area contributed by atoms with Crippen molar-refractivity contribution in [2.45, 2.75) is 51.4 Å². The fourth-order valence-corrected chi connectivity index (χ4v) is 4.89. The Bertz CT molecular complexity index is 819. The Morgan fingerprint density at radius 3 is 2.48 bits per heavy atom. The SMILES string of the molecule is CC1(C)Cc2cc(-c3ccc(COC4CN5CCC4CC5)cc3)ccc2O1. The molecule has 2 bridgehead atoms. The summed E-state index contributed by atoms with van der Waals surface area (Å²) in [6.45, 7) is 8.68. The highest BCUT2D eigenvalue weighted by molar-refractivity contribution is 5.66. The van der Waals surface area contributed by atoms with Crippen molar-refractivity contribution in [1.29, 1.82) is 0 Å². The predicted octanol–water partition coefficient (Wildman–Crippen LogP) is 4.68. The molecule has 3 heteroatoms. The molecule has 6 rings (SSSR count). The lowest BCUT2D eigenvalue weighted by Gasteiger charge is -2.44. The first-order valence-electron chi connectivity index (χ1n) is 10.3. The minimum atomic E-state index is -0.0860. The third-order valence-corrected chi connectivity index (χ3v) is 6.41. The number of hydrogen-bond acceptors (Lipinski definition) is 3. The Labute approximate surface area is 162 Å². The van der Waals surface area contributed by atoms with E-state index in [9.17, 15) is 0 Å². The van der Waals surface area contributed by atoms with Gasteiger partial charge in [0.25, 0.3) is 0 Å². The molecular formula is C24H29NO2. The van der Waals surface area contributed by atoms with Crippen LogP contribution in [-0.2, 0) is 17.8 Å². The largest absolute Gasteiger partial charge is 0.487 e. The zero-order valence-electron chi connectivity index (χ0n) is 16.4. The smallest absolute Gasteiger partial charge is 0.123 e. The first kappa shape index (κ1) is 17.3. The second kappa shape index (κ2) is 6.65. The minimum Gasteiger partial charge on any atom is -0.487 e. The van der Waals surface area contributed by atoms with Crippen molar-refractivity contribution in [2.75, 3.05) is 19.6 Å². The van der Waals surface area contributed by atoms with Crippen molar-refractivity contribution >= 4 is 0 Å². The van der Waals surface area contributed by atoms with Gasteiger partial charge in [-0.15, -0.1) is 0 Å². The molecule has 2 aromatic carbocycles. The van der Waals surface area contributed by atoms with E-state index >= 15 is 0 Å². The van der Waals surface area contributed by atoms with Gasteiger partial charge >= 0.3 is 0 Å². The molecule has 0 aromatic heterocycles. The van der Waals surface area contributed by atoms with E-state index in [1.165, 1.54) is 48.2 Å². The highest BCUT2D eigenvalue weighted by Crippen LogP contribution is 2.37. The van der Waals surface area contributed by atoms with Crippen LogP contribution in [0.4, 0.5) is 0 Å².